The van der Waals surface area contributed by atoms with E-state index in [1.54, 1.807) is 13.8 Å². The number of carbonyl (C=O) groups excluding carboxylic acids is 1. The van der Waals surface area contributed by atoms with Crippen LogP contribution in [0.15, 0.2) is 18.2 Å². The number of nitrogens with one attached hydrogen (secondary N) is 1. The summed E-state index contributed by atoms with van der Waals surface area (Å²) in [6.45, 7) is 3.92. The first-order valence-electron chi connectivity index (χ1n) is 5.83. The largest absolute Gasteiger partial charge is 0.347 e. The number of nitrogens with two attached hydrogens (primary N) is 1. The summed E-state index contributed by atoms with van der Waals surface area (Å²) in [7, 11) is 0. The van der Waals surface area contributed by atoms with Crippen molar-refractivity contribution in [3.8, 4) is 0 Å². The monoisotopic (exact) mass is 256 g/mol. The third-order valence-corrected chi connectivity index (χ3v) is 2.70. The van der Waals surface area contributed by atoms with E-state index in [1.165, 1.54) is 6.07 Å². The Kier molecular flexibility index (Phi) is 4.78. The molecule has 1 aromatic rings. The maximum atomic E-state index is 13.1. The van der Waals surface area contributed by atoms with Crippen LogP contribution in [0.1, 0.15) is 32.3 Å². The van der Waals surface area contributed by atoms with Gasteiger partial charge in [-0.05, 0) is 44.5 Å². The van der Waals surface area contributed by atoms with Crippen molar-refractivity contribution in [3.63, 3.8) is 0 Å². The minimum atomic E-state index is -0.920. The molecule has 3 N–H and O–H groups in total. The molecule has 3 nitrogen and oxygen atoms in total. The van der Waals surface area contributed by atoms with Gasteiger partial charge in [-0.25, -0.2) is 8.78 Å². The summed E-state index contributed by atoms with van der Waals surface area (Å²) >= 11 is 0. The predicted octanol–water partition coefficient (Wildman–Crippen LogP) is 2.05. The van der Waals surface area contributed by atoms with Crippen molar-refractivity contribution in [2.24, 2.45) is 5.73 Å². The number of hydrogen-bond donors (Lipinski definition) is 2. The first-order valence-corrected chi connectivity index (χ1v) is 5.83. The van der Waals surface area contributed by atoms with Crippen molar-refractivity contribution in [3.05, 3.63) is 35.4 Å². The van der Waals surface area contributed by atoms with E-state index in [2.05, 4.69) is 5.32 Å². The van der Waals surface area contributed by atoms with Gasteiger partial charge in [0, 0.05) is 6.42 Å². The molecule has 0 aliphatic rings. The SMILES string of the molecule is CC(C)(NC(=O)CCCN)c1ccc(F)c(F)c1. The zero-order valence-electron chi connectivity index (χ0n) is 10.6. The van der Waals surface area contributed by atoms with Crippen LogP contribution in [0.5, 0.6) is 0 Å². The van der Waals surface area contributed by atoms with Gasteiger partial charge < -0.3 is 11.1 Å². The second kappa shape index (κ2) is 5.91. The zero-order valence-corrected chi connectivity index (χ0v) is 10.6. The molecular formula is C13H18F2N2O. The second-order valence-electron chi connectivity index (χ2n) is 4.69. The first kappa shape index (κ1) is 14.6. The van der Waals surface area contributed by atoms with Gasteiger partial charge in [0.2, 0.25) is 5.91 Å². The molecule has 0 bridgehead atoms. The van der Waals surface area contributed by atoms with Crippen molar-refractivity contribution < 1.29 is 13.6 Å². The Morgan fingerprint density at radius 1 is 1.33 bits per heavy atom. The van der Waals surface area contributed by atoms with E-state index in [1.807, 2.05) is 0 Å². The molecule has 0 aliphatic carbocycles. The van der Waals surface area contributed by atoms with Gasteiger partial charge in [-0.1, -0.05) is 6.07 Å². The van der Waals surface area contributed by atoms with Crippen LogP contribution in [0.4, 0.5) is 8.78 Å². The van der Waals surface area contributed by atoms with E-state index in [9.17, 15) is 13.6 Å². The highest BCUT2D eigenvalue weighted by Gasteiger charge is 2.23. The molecule has 0 spiro atoms. The van der Waals surface area contributed by atoms with E-state index in [0.29, 0.717) is 24.9 Å². The molecule has 0 aromatic heterocycles. The van der Waals surface area contributed by atoms with Gasteiger partial charge >= 0.3 is 0 Å². The summed E-state index contributed by atoms with van der Waals surface area (Å²) in [6, 6.07) is 3.61. The summed E-state index contributed by atoms with van der Waals surface area (Å²) < 4.78 is 26.0. The number of benzene rings is 1. The summed E-state index contributed by atoms with van der Waals surface area (Å²) in [5, 5.41) is 2.77. The number of rotatable bonds is 5. The molecule has 0 radical (unpaired) electrons. The molecule has 100 valence electrons. The summed E-state index contributed by atoms with van der Waals surface area (Å²) in [5.41, 5.74) is 5.08. The fraction of sp³-hybridized carbons (Fsp3) is 0.462. The minimum Gasteiger partial charge on any atom is -0.347 e. The molecular weight excluding hydrogens is 238 g/mol. The molecule has 0 saturated carbocycles. The maximum absolute atomic E-state index is 13.1. The Morgan fingerprint density at radius 3 is 2.56 bits per heavy atom. The van der Waals surface area contributed by atoms with E-state index >= 15 is 0 Å². The molecule has 1 amide bonds. The van der Waals surface area contributed by atoms with Gasteiger partial charge in [0.15, 0.2) is 11.6 Å². The number of halogens is 2. The van der Waals surface area contributed by atoms with E-state index in [-0.39, 0.29) is 5.91 Å². The first-order chi connectivity index (χ1) is 8.36. The van der Waals surface area contributed by atoms with Crippen LogP contribution in [-0.4, -0.2) is 12.5 Å². The van der Waals surface area contributed by atoms with Crippen LogP contribution in [0.3, 0.4) is 0 Å². The average Bonchev–Trinajstić information content (AvgIpc) is 2.29. The summed E-state index contributed by atoms with van der Waals surface area (Å²) in [6.07, 6.45) is 0.920. The molecule has 0 aliphatic heterocycles. The average molecular weight is 256 g/mol. The Morgan fingerprint density at radius 2 is 2.00 bits per heavy atom. The quantitative estimate of drug-likeness (QED) is 0.847. The van der Waals surface area contributed by atoms with Gasteiger partial charge in [0.25, 0.3) is 0 Å². The molecule has 1 rings (SSSR count). The summed E-state index contributed by atoms with van der Waals surface area (Å²) in [5.74, 6) is -1.98. The van der Waals surface area contributed by atoms with Gasteiger partial charge in [0.1, 0.15) is 0 Å². The van der Waals surface area contributed by atoms with Crippen LogP contribution < -0.4 is 11.1 Å². The van der Waals surface area contributed by atoms with Crippen LogP contribution >= 0.6 is 0 Å². The number of hydrogen-bond acceptors (Lipinski definition) is 2. The fourth-order valence-electron chi connectivity index (χ4n) is 1.63. The van der Waals surface area contributed by atoms with E-state index in [0.717, 1.165) is 12.1 Å². The molecule has 0 fully saturated rings. The molecule has 0 unspecified atom stereocenters. The van der Waals surface area contributed by atoms with Gasteiger partial charge in [0.05, 0.1) is 5.54 Å². The smallest absolute Gasteiger partial charge is 0.220 e. The van der Waals surface area contributed by atoms with Crippen LogP contribution in [0.2, 0.25) is 0 Å². The number of amides is 1. The van der Waals surface area contributed by atoms with Gasteiger partial charge in [-0.3, -0.25) is 4.79 Å². The third kappa shape index (κ3) is 3.77. The minimum absolute atomic E-state index is 0.157. The van der Waals surface area contributed by atoms with Gasteiger partial charge in [-0.15, -0.1) is 0 Å². The topological polar surface area (TPSA) is 55.1 Å². The van der Waals surface area contributed by atoms with Crippen molar-refractivity contribution >= 4 is 5.91 Å². The highest BCUT2D eigenvalue weighted by atomic mass is 19.2. The molecule has 1 aromatic carbocycles. The van der Waals surface area contributed by atoms with Crippen LogP contribution in [-0.2, 0) is 10.3 Å². The molecule has 0 atom stereocenters. The Labute approximate surface area is 105 Å². The third-order valence-electron chi connectivity index (χ3n) is 2.70. The lowest BCUT2D eigenvalue weighted by Gasteiger charge is -2.27. The highest BCUT2D eigenvalue weighted by Crippen LogP contribution is 2.22. The molecule has 5 heteroatoms. The number of carbonyl (C=O) groups is 1. The molecule has 0 saturated heterocycles. The van der Waals surface area contributed by atoms with Gasteiger partial charge in [-0.2, -0.15) is 0 Å². The Balaban J connectivity index is 2.78. The van der Waals surface area contributed by atoms with Crippen molar-refractivity contribution in [1.29, 1.82) is 0 Å². The maximum Gasteiger partial charge on any atom is 0.220 e. The van der Waals surface area contributed by atoms with Crippen molar-refractivity contribution in [2.75, 3.05) is 6.54 Å². The Bertz CT molecular complexity index is 433. The second-order valence-corrected chi connectivity index (χ2v) is 4.69. The zero-order chi connectivity index (χ0) is 13.8. The predicted molar refractivity (Wildman–Crippen MR) is 65.8 cm³/mol. The lowest BCUT2D eigenvalue weighted by molar-refractivity contribution is -0.122. The normalized spacial score (nSPS) is 11.4. The fourth-order valence-corrected chi connectivity index (χ4v) is 1.63. The lowest BCUT2D eigenvalue weighted by atomic mass is 9.94. The van der Waals surface area contributed by atoms with Crippen molar-refractivity contribution in [1.82, 2.24) is 5.32 Å². The lowest BCUT2D eigenvalue weighted by Crippen LogP contribution is -2.41. The molecule has 18 heavy (non-hydrogen) atoms. The summed E-state index contributed by atoms with van der Waals surface area (Å²) in [4.78, 5) is 11.6. The molecule has 0 heterocycles. The van der Waals surface area contributed by atoms with Crippen molar-refractivity contribution in [2.45, 2.75) is 32.2 Å². The highest BCUT2D eigenvalue weighted by molar-refractivity contribution is 5.76. The standard InChI is InChI=1S/C13H18F2N2O/c1-13(2,17-12(18)4-3-7-16)9-5-6-10(14)11(15)8-9/h5-6,8H,3-4,7,16H2,1-2H3,(H,17,18). The Hall–Kier alpha value is -1.49. The van der Waals surface area contributed by atoms with Crippen LogP contribution in [0.25, 0.3) is 0 Å². The van der Waals surface area contributed by atoms with E-state index in [4.69, 9.17) is 5.73 Å². The van der Waals surface area contributed by atoms with E-state index < -0.39 is 17.2 Å². The van der Waals surface area contributed by atoms with Crippen LogP contribution in [0, 0.1) is 11.6 Å².